The van der Waals surface area contributed by atoms with Crippen LogP contribution in [0.3, 0.4) is 0 Å². The highest BCUT2D eigenvalue weighted by atomic mass is 16.5. The van der Waals surface area contributed by atoms with Crippen molar-refractivity contribution in [2.45, 2.75) is 84.0 Å². The fraction of sp³-hybridized carbons (Fsp3) is 0.867. The van der Waals surface area contributed by atoms with Gasteiger partial charge in [-0.2, -0.15) is 4.98 Å². The molecule has 0 aliphatic rings. The molecule has 0 aliphatic heterocycles. The number of rotatable bonds is 11. The zero-order chi connectivity index (χ0) is 13.9. The molecule has 0 bridgehead atoms. The van der Waals surface area contributed by atoms with Crippen molar-refractivity contribution >= 4 is 0 Å². The lowest BCUT2D eigenvalue weighted by atomic mass is 9.94. The summed E-state index contributed by atoms with van der Waals surface area (Å²) in [6.45, 7) is 4.44. The number of nitrogens with one attached hydrogen (secondary N) is 1. The van der Waals surface area contributed by atoms with Crippen molar-refractivity contribution in [3.05, 3.63) is 16.4 Å². The van der Waals surface area contributed by atoms with Gasteiger partial charge in [0.1, 0.15) is 5.82 Å². The molecule has 0 aliphatic carbocycles. The molecule has 0 unspecified atom stereocenters. The molecular weight excluding hydrogens is 240 g/mol. The van der Waals surface area contributed by atoms with Crippen LogP contribution in [-0.4, -0.2) is 10.1 Å². The number of aromatic nitrogens is 2. The van der Waals surface area contributed by atoms with Gasteiger partial charge in [0.05, 0.1) is 0 Å². The summed E-state index contributed by atoms with van der Waals surface area (Å²) in [7, 11) is 0. The lowest BCUT2D eigenvalue weighted by Crippen LogP contribution is -2.05. The van der Waals surface area contributed by atoms with E-state index in [1.165, 1.54) is 51.4 Å². The Morgan fingerprint density at radius 2 is 1.58 bits per heavy atom. The highest BCUT2D eigenvalue weighted by Crippen LogP contribution is 2.25. The number of hydrogen-bond donors (Lipinski definition) is 1. The third kappa shape index (κ3) is 6.60. The molecule has 0 spiro atoms. The fourth-order valence-corrected chi connectivity index (χ4v) is 2.47. The fourth-order valence-electron chi connectivity index (χ4n) is 2.47. The third-order valence-corrected chi connectivity index (χ3v) is 3.65. The van der Waals surface area contributed by atoms with Crippen LogP contribution in [0.5, 0.6) is 0 Å². The van der Waals surface area contributed by atoms with Crippen molar-refractivity contribution in [2.75, 3.05) is 0 Å². The zero-order valence-electron chi connectivity index (χ0n) is 12.4. The second kappa shape index (κ2) is 9.82. The van der Waals surface area contributed by atoms with Crippen LogP contribution in [0.25, 0.3) is 0 Å². The lowest BCUT2D eigenvalue weighted by molar-refractivity contribution is 0.370. The minimum Gasteiger partial charge on any atom is -0.321 e. The summed E-state index contributed by atoms with van der Waals surface area (Å²) in [6.07, 6.45) is 12.2. The highest BCUT2D eigenvalue weighted by Gasteiger charge is 2.15. The van der Waals surface area contributed by atoms with Gasteiger partial charge in [0.25, 0.3) is 0 Å². The average molecular weight is 268 g/mol. The molecule has 0 fully saturated rings. The largest absolute Gasteiger partial charge is 0.459 e. The number of nitrogens with zero attached hydrogens (tertiary/aromatic N) is 1. The van der Waals surface area contributed by atoms with Gasteiger partial charge in [-0.25, -0.2) is 9.95 Å². The highest BCUT2D eigenvalue weighted by molar-refractivity contribution is 4.91. The molecule has 1 rings (SSSR count). The van der Waals surface area contributed by atoms with Crippen molar-refractivity contribution in [2.24, 2.45) is 0 Å². The summed E-state index contributed by atoms with van der Waals surface area (Å²) < 4.78 is 4.71. The van der Waals surface area contributed by atoms with Crippen molar-refractivity contribution in [1.82, 2.24) is 10.1 Å². The Hall–Kier alpha value is -1.06. The molecule has 0 amide bonds. The van der Waals surface area contributed by atoms with Crippen LogP contribution in [0.1, 0.15) is 89.8 Å². The minimum atomic E-state index is -0.498. The van der Waals surface area contributed by atoms with Crippen molar-refractivity contribution in [3.8, 4) is 0 Å². The number of hydrogen-bond acceptors (Lipinski definition) is 3. The topological polar surface area (TPSA) is 58.9 Å². The Morgan fingerprint density at radius 3 is 2.00 bits per heavy atom. The van der Waals surface area contributed by atoms with E-state index in [9.17, 15) is 4.79 Å². The van der Waals surface area contributed by atoms with E-state index in [0.717, 1.165) is 18.7 Å². The van der Waals surface area contributed by atoms with Gasteiger partial charge in [0.15, 0.2) is 0 Å². The summed E-state index contributed by atoms with van der Waals surface area (Å²) in [6, 6.07) is 0. The van der Waals surface area contributed by atoms with Crippen molar-refractivity contribution in [3.63, 3.8) is 0 Å². The molecule has 0 saturated heterocycles. The zero-order valence-corrected chi connectivity index (χ0v) is 12.4. The second-order valence-corrected chi connectivity index (χ2v) is 5.36. The van der Waals surface area contributed by atoms with Crippen LogP contribution in [0.15, 0.2) is 9.32 Å². The van der Waals surface area contributed by atoms with Crippen LogP contribution >= 0.6 is 0 Å². The molecule has 0 saturated carbocycles. The number of aromatic amines is 1. The van der Waals surface area contributed by atoms with Gasteiger partial charge in [0.2, 0.25) is 0 Å². The van der Waals surface area contributed by atoms with Gasteiger partial charge in [-0.05, 0) is 12.8 Å². The predicted octanol–water partition coefficient (Wildman–Crippen LogP) is 4.39. The molecule has 110 valence electrons. The number of unbranched alkanes of at least 4 members (excludes halogenated alkanes) is 6. The molecule has 1 aromatic heterocycles. The van der Waals surface area contributed by atoms with Gasteiger partial charge in [-0.15, -0.1) is 0 Å². The van der Waals surface area contributed by atoms with Gasteiger partial charge in [-0.1, -0.05) is 65.2 Å². The normalized spacial score (nSPS) is 11.3. The van der Waals surface area contributed by atoms with E-state index >= 15 is 0 Å². The molecule has 0 atom stereocenters. The van der Waals surface area contributed by atoms with Crippen molar-refractivity contribution in [1.29, 1.82) is 0 Å². The second-order valence-electron chi connectivity index (χ2n) is 5.36. The first-order valence-corrected chi connectivity index (χ1v) is 7.83. The van der Waals surface area contributed by atoms with E-state index in [2.05, 4.69) is 24.0 Å². The van der Waals surface area contributed by atoms with Crippen LogP contribution < -0.4 is 5.76 Å². The van der Waals surface area contributed by atoms with Crippen LogP contribution in [0.2, 0.25) is 0 Å². The summed E-state index contributed by atoms with van der Waals surface area (Å²) in [5.74, 6) is 0.611. The van der Waals surface area contributed by atoms with Gasteiger partial charge >= 0.3 is 5.76 Å². The molecule has 1 aromatic rings. The average Bonchev–Trinajstić information content (AvgIpc) is 2.83. The summed E-state index contributed by atoms with van der Waals surface area (Å²) >= 11 is 0. The van der Waals surface area contributed by atoms with E-state index in [4.69, 9.17) is 4.52 Å². The van der Waals surface area contributed by atoms with Gasteiger partial charge < -0.3 is 4.52 Å². The molecule has 1 heterocycles. The van der Waals surface area contributed by atoms with E-state index in [0.29, 0.717) is 5.92 Å². The molecule has 19 heavy (non-hydrogen) atoms. The molecule has 0 radical (unpaired) electrons. The van der Waals surface area contributed by atoms with Gasteiger partial charge in [-0.3, -0.25) is 0 Å². The number of H-pyrrole nitrogens is 1. The van der Waals surface area contributed by atoms with Gasteiger partial charge in [0, 0.05) is 5.92 Å². The van der Waals surface area contributed by atoms with Crippen molar-refractivity contribution < 1.29 is 4.52 Å². The smallest absolute Gasteiger partial charge is 0.321 e. The minimum absolute atomic E-state index is 0.361. The maximum atomic E-state index is 11.0. The molecule has 0 aromatic carbocycles. The van der Waals surface area contributed by atoms with E-state index in [1.54, 1.807) is 0 Å². The molecule has 4 nitrogen and oxygen atoms in total. The Morgan fingerprint density at radius 1 is 1.00 bits per heavy atom. The van der Waals surface area contributed by atoms with Crippen LogP contribution in [-0.2, 0) is 0 Å². The summed E-state index contributed by atoms with van der Waals surface area (Å²) in [4.78, 5) is 15.0. The maximum Gasteiger partial charge on any atom is 0.459 e. The molecular formula is C15H28N2O2. The third-order valence-electron chi connectivity index (χ3n) is 3.65. The van der Waals surface area contributed by atoms with E-state index < -0.39 is 5.76 Å². The van der Waals surface area contributed by atoms with Crippen LogP contribution in [0, 0.1) is 0 Å². The Bertz CT molecular complexity index is 358. The Balaban J connectivity index is 2.40. The Kier molecular flexibility index (Phi) is 8.26. The van der Waals surface area contributed by atoms with Crippen LogP contribution in [0.4, 0.5) is 0 Å². The first kappa shape index (κ1) is 16.0. The Labute approximate surface area is 116 Å². The first-order chi connectivity index (χ1) is 9.27. The summed E-state index contributed by atoms with van der Waals surface area (Å²) in [5, 5.41) is 2.69. The first-order valence-electron chi connectivity index (χ1n) is 7.83. The monoisotopic (exact) mass is 268 g/mol. The lowest BCUT2D eigenvalue weighted by Gasteiger charge is -2.13. The maximum absolute atomic E-state index is 11.0. The SMILES string of the molecule is CCCCCCC(CCCCCC)c1nc(=O)o[nH]1. The molecule has 1 N–H and O–H groups in total. The predicted molar refractivity (Wildman–Crippen MR) is 77.4 cm³/mol. The van der Waals surface area contributed by atoms with E-state index in [-0.39, 0.29) is 0 Å². The summed E-state index contributed by atoms with van der Waals surface area (Å²) in [5.41, 5.74) is 0. The standard InChI is InChI=1S/C15H28N2O2/c1-3-5-7-9-11-13(12-10-8-6-4-2)14-16-15(18)19-17-14/h13H,3-12H2,1-2H3,(H,16,17,18). The quantitative estimate of drug-likeness (QED) is 0.605. The van der Waals surface area contributed by atoms with E-state index in [1.807, 2.05) is 0 Å². The molecule has 4 heteroatoms.